The largest absolute Gasteiger partial charge is 4.00 e. The molecule has 6 aromatic rings. The van der Waals surface area contributed by atoms with Crippen molar-refractivity contribution in [3.8, 4) is 33.8 Å². The average molecular weight is 773 g/mol. The zero-order chi connectivity index (χ0) is 29.6. The molecule has 0 aliphatic heterocycles. The smallest absolute Gasteiger partial charge is 0.491 e. The number of fused-ring (bicyclic) bond motifs is 2. The summed E-state index contributed by atoms with van der Waals surface area (Å²) in [5.74, 6) is 1.84. The zero-order valence-corrected chi connectivity index (χ0v) is 31.8. The molecule has 0 heterocycles. The molecule has 0 N–H and O–H groups in total. The van der Waals surface area contributed by atoms with Gasteiger partial charge in [0.15, 0.2) is 0 Å². The molecular weight excluding hydrogens is 727 g/mol. The minimum Gasteiger partial charge on any atom is -0.491 e. The van der Waals surface area contributed by atoms with Crippen LogP contribution in [0.15, 0.2) is 109 Å². The molecule has 1 aliphatic carbocycles. The Labute approximate surface area is 295 Å². The van der Waals surface area contributed by atoms with Crippen molar-refractivity contribution in [1.29, 1.82) is 0 Å². The first-order valence-corrected chi connectivity index (χ1v) is 15.8. The second-order valence-corrected chi connectivity index (χ2v) is 12.8. The SMILES string of the molecule is CC(C)Oc1ccc(-c2cccc3[cH-]c(C4(c5cc6c(-c7ccc(OC(C)C)cc7)cccc6[cH-]5)CCCC4)cc23)cc1.[CH3-].[CH3-].[Hf+4]. The molecule has 46 heavy (non-hydrogen) atoms. The molecule has 0 spiro atoms. The summed E-state index contributed by atoms with van der Waals surface area (Å²) in [4.78, 5) is 0. The Kier molecular flexibility index (Phi) is 11.2. The van der Waals surface area contributed by atoms with Crippen LogP contribution in [0.3, 0.4) is 0 Å². The van der Waals surface area contributed by atoms with Crippen LogP contribution in [0.5, 0.6) is 11.5 Å². The van der Waals surface area contributed by atoms with Crippen LogP contribution in [-0.4, -0.2) is 12.2 Å². The summed E-state index contributed by atoms with van der Waals surface area (Å²) >= 11 is 0. The number of rotatable bonds is 8. The fraction of sp³-hybridized carbons (Fsp3) is 0.256. The van der Waals surface area contributed by atoms with Crippen molar-refractivity contribution >= 4 is 21.5 Å². The number of hydrogen-bond acceptors (Lipinski definition) is 2. The van der Waals surface area contributed by atoms with Gasteiger partial charge in [0.2, 0.25) is 0 Å². The van der Waals surface area contributed by atoms with E-state index in [2.05, 4.69) is 137 Å². The Morgan fingerprint density at radius 3 is 1.33 bits per heavy atom. The molecule has 0 aromatic heterocycles. The maximum atomic E-state index is 5.90. The summed E-state index contributed by atoms with van der Waals surface area (Å²) in [6, 6.07) is 40.5. The molecule has 0 saturated heterocycles. The van der Waals surface area contributed by atoms with Crippen LogP contribution < -0.4 is 9.47 Å². The monoisotopic (exact) mass is 774 g/mol. The van der Waals surface area contributed by atoms with E-state index in [4.69, 9.17) is 9.47 Å². The second-order valence-electron chi connectivity index (χ2n) is 12.8. The van der Waals surface area contributed by atoms with Gasteiger partial charge in [0, 0.05) is 0 Å². The molecule has 0 bridgehead atoms. The van der Waals surface area contributed by atoms with Gasteiger partial charge in [-0.1, -0.05) is 60.4 Å². The first kappa shape index (κ1) is 35.4. The summed E-state index contributed by atoms with van der Waals surface area (Å²) in [5, 5.41) is 5.31. The fourth-order valence-electron chi connectivity index (χ4n) is 7.22. The second kappa shape index (κ2) is 14.6. The van der Waals surface area contributed by atoms with Crippen LogP contribution in [-0.2, 0) is 31.3 Å². The normalized spacial score (nSPS) is 13.8. The van der Waals surface area contributed by atoms with E-state index in [1.54, 1.807) is 0 Å². The van der Waals surface area contributed by atoms with Gasteiger partial charge < -0.3 is 24.3 Å². The molecule has 7 rings (SSSR count). The van der Waals surface area contributed by atoms with Crippen LogP contribution in [0.25, 0.3) is 43.8 Å². The van der Waals surface area contributed by atoms with Crippen LogP contribution in [0.4, 0.5) is 0 Å². The van der Waals surface area contributed by atoms with Gasteiger partial charge in [-0.2, -0.15) is 12.1 Å². The summed E-state index contributed by atoms with van der Waals surface area (Å²) in [6.45, 7) is 8.26. The van der Waals surface area contributed by atoms with Gasteiger partial charge in [0.25, 0.3) is 0 Å². The van der Waals surface area contributed by atoms with Crippen LogP contribution in [0.1, 0.15) is 64.5 Å². The first-order chi connectivity index (χ1) is 20.9. The van der Waals surface area contributed by atoms with Crippen molar-refractivity contribution in [2.45, 2.75) is 71.0 Å². The van der Waals surface area contributed by atoms with Gasteiger partial charge in [-0.05, 0) is 81.3 Å². The minimum atomic E-state index is 0. The minimum absolute atomic E-state index is 0. The standard InChI is InChI=1S/C41H40O2.2CH3.Hf/c1-27(2)42-35-17-13-29(14-18-35)37-11-7-9-31-23-33(25-39(31)37)41(21-5-6-22-41)34-24-32-10-8-12-38(40(32)26-34)30-15-19-36(20-16-30)43-28(3)4;;;/h7-20,23-28H,5-6,21-22H2,1-4H3;2*1H3;/q-2;2*-1;+4. The number of hydrogen-bond donors (Lipinski definition) is 0. The van der Waals surface area contributed by atoms with Gasteiger partial charge in [0.05, 0.1) is 12.2 Å². The third-order valence-electron chi connectivity index (χ3n) is 9.14. The van der Waals surface area contributed by atoms with Crippen molar-refractivity contribution in [2.75, 3.05) is 0 Å². The summed E-state index contributed by atoms with van der Waals surface area (Å²) in [6.07, 6.45) is 5.24. The molecule has 1 saturated carbocycles. The van der Waals surface area contributed by atoms with E-state index in [-0.39, 0.29) is 58.3 Å². The molecule has 0 radical (unpaired) electrons. The Hall–Kier alpha value is -3.43. The molecule has 234 valence electrons. The van der Waals surface area contributed by atoms with Crippen LogP contribution in [0.2, 0.25) is 0 Å². The van der Waals surface area contributed by atoms with Crippen molar-refractivity contribution in [3.63, 3.8) is 0 Å². The summed E-state index contributed by atoms with van der Waals surface area (Å²) in [7, 11) is 0. The van der Waals surface area contributed by atoms with Crippen LogP contribution in [0, 0.1) is 14.9 Å². The molecule has 1 fully saturated rings. The molecule has 3 heteroatoms. The van der Waals surface area contributed by atoms with E-state index < -0.39 is 0 Å². The average Bonchev–Trinajstić information content (AvgIpc) is 3.76. The number of ether oxygens (including phenoxy) is 2. The predicted molar refractivity (Wildman–Crippen MR) is 194 cm³/mol. The van der Waals surface area contributed by atoms with Gasteiger partial charge >= 0.3 is 25.8 Å². The molecule has 0 unspecified atom stereocenters. The van der Waals surface area contributed by atoms with Gasteiger partial charge in [-0.15, -0.1) is 69.1 Å². The van der Waals surface area contributed by atoms with Crippen LogP contribution >= 0.6 is 0 Å². The summed E-state index contributed by atoms with van der Waals surface area (Å²) in [5.41, 5.74) is 7.98. The van der Waals surface area contributed by atoms with E-state index in [9.17, 15) is 0 Å². The molecule has 2 nitrogen and oxygen atoms in total. The van der Waals surface area contributed by atoms with E-state index in [1.165, 1.54) is 80.6 Å². The zero-order valence-electron chi connectivity index (χ0n) is 28.2. The Bertz CT molecular complexity index is 1730. The third kappa shape index (κ3) is 6.67. The quantitative estimate of drug-likeness (QED) is 0.113. The van der Waals surface area contributed by atoms with Gasteiger partial charge in [-0.3, -0.25) is 0 Å². The van der Waals surface area contributed by atoms with Crippen molar-refractivity contribution in [3.05, 3.63) is 135 Å². The van der Waals surface area contributed by atoms with E-state index in [0.717, 1.165) is 11.5 Å². The van der Waals surface area contributed by atoms with Crippen molar-refractivity contribution in [1.82, 2.24) is 0 Å². The van der Waals surface area contributed by atoms with Crippen molar-refractivity contribution in [2.24, 2.45) is 0 Å². The van der Waals surface area contributed by atoms with E-state index in [0.29, 0.717) is 0 Å². The molecule has 1 aliphatic rings. The van der Waals surface area contributed by atoms with E-state index >= 15 is 0 Å². The maximum Gasteiger partial charge on any atom is 4.00 e. The van der Waals surface area contributed by atoms with Gasteiger partial charge in [-0.25, -0.2) is 0 Å². The van der Waals surface area contributed by atoms with Crippen molar-refractivity contribution < 1.29 is 35.3 Å². The Balaban J connectivity index is 0.00000160. The maximum absolute atomic E-state index is 5.90. The Morgan fingerprint density at radius 1 is 0.565 bits per heavy atom. The molecule has 6 aromatic carbocycles. The molecule has 0 atom stereocenters. The fourth-order valence-corrected chi connectivity index (χ4v) is 7.22. The van der Waals surface area contributed by atoms with E-state index in [1.807, 2.05) is 0 Å². The van der Waals surface area contributed by atoms with Gasteiger partial charge in [0.1, 0.15) is 11.5 Å². The Morgan fingerprint density at radius 2 is 0.957 bits per heavy atom. The topological polar surface area (TPSA) is 18.5 Å². The molecule has 0 amide bonds. The third-order valence-corrected chi connectivity index (χ3v) is 9.14. The first-order valence-electron chi connectivity index (χ1n) is 15.8. The molecular formula is C43H46HfO2. The predicted octanol–water partition coefficient (Wildman–Crippen LogP) is 12.1. The number of benzene rings is 4. The summed E-state index contributed by atoms with van der Waals surface area (Å²) < 4.78 is 11.8.